The monoisotopic (exact) mass is 367 g/mol. The largest absolute Gasteiger partial charge is 0.448 e. The van der Waals surface area contributed by atoms with Gasteiger partial charge in [0.2, 0.25) is 0 Å². The fourth-order valence-corrected chi connectivity index (χ4v) is 3.28. The van der Waals surface area contributed by atoms with Crippen molar-refractivity contribution in [1.29, 1.82) is 0 Å². The van der Waals surface area contributed by atoms with E-state index < -0.39 is 0 Å². The van der Waals surface area contributed by atoms with Gasteiger partial charge in [-0.2, -0.15) is 0 Å². The molecule has 2 heterocycles. The van der Waals surface area contributed by atoms with Gasteiger partial charge >= 0.3 is 0 Å². The molecule has 0 atom stereocenters. The zero-order valence-electron chi connectivity index (χ0n) is 13.1. The quantitative estimate of drug-likeness (QED) is 0.849. The number of oxazole rings is 1. The predicted octanol–water partition coefficient (Wildman–Crippen LogP) is 3.42. The Kier molecular flexibility index (Phi) is 5.76. The third kappa shape index (κ3) is 4.29. The minimum Gasteiger partial charge on any atom is -0.448 e. The van der Waals surface area contributed by atoms with Crippen LogP contribution in [0.2, 0.25) is 10.0 Å². The summed E-state index contributed by atoms with van der Waals surface area (Å²) in [6.07, 6.45) is 4.02. The molecule has 1 aromatic carbocycles. The normalized spacial score (nSPS) is 15.4. The van der Waals surface area contributed by atoms with Gasteiger partial charge in [0.15, 0.2) is 11.6 Å². The molecule has 24 heavy (non-hydrogen) atoms. The lowest BCUT2D eigenvalue weighted by Crippen LogP contribution is -2.27. The highest BCUT2D eigenvalue weighted by atomic mass is 35.5. The summed E-state index contributed by atoms with van der Waals surface area (Å²) in [5.41, 5.74) is 1.27. The van der Waals surface area contributed by atoms with Gasteiger partial charge in [0.25, 0.3) is 5.91 Å². The van der Waals surface area contributed by atoms with Gasteiger partial charge < -0.3 is 15.1 Å². The molecule has 3 rings (SSSR count). The topological polar surface area (TPSA) is 67.2 Å². The van der Waals surface area contributed by atoms with E-state index >= 15 is 0 Å². The van der Waals surface area contributed by atoms with E-state index in [4.69, 9.17) is 27.6 Å². The number of hydrogen-bond acceptors (Lipinski definition) is 4. The Morgan fingerprint density at radius 2 is 2.12 bits per heavy atom. The van der Waals surface area contributed by atoms with Crippen LogP contribution in [0.25, 0.3) is 0 Å². The summed E-state index contributed by atoms with van der Waals surface area (Å²) in [4.78, 5) is 16.5. The van der Waals surface area contributed by atoms with Gasteiger partial charge in [-0.25, -0.2) is 4.98 Å². The smallest absolute Gasteiger partial charge is 0.273 e. The first-order valence-electron chi connectivity index (χ1n) is 8.02. The maximum atomic E-state index is 12.2. The second kappa shape index (κ2) is 8.01. The Morgan fingerprint density at radius 3 is 2.88 bits per heavy atom. The third-order valence-corrected chi connectivity index (χ3v) is 4.72. The van der Waals surface area contributed by atoms with Crippen LogP contribution in [0.3, 0.4) is 0 Å². The number of carbonyl (C=O) groups excluding carboxylic acids is 1. The van der Waals surface area contributed by atoms with Crippen molar-refractivity contribution in [1.82, 2.24) is 15.6 Å². The van der Waals surface area contributed by atoms with E-state index in [1.54, 1.807) is 12.1 Å². The lowest BCUT2D eigenvalue weighted by atomic mass is 9.98. The number of halogens is 2. The first kappa shape index (κ1) is 17.3. The molecular formula is C17H19Cl2N3O2. The average Bonchev–Trinajstić information content (AvgIpc) is 3.08. The number of nitrogens with one attached hydrogen (secondary N) is 2. The SMILES string of the molecule is O=C(NCCc1ccc(Cl)cc1Cl)c1coc(C2CCNCC2)n1. The summed E-state index contributed by atoms with van der Waals surface area (Å²) in [6, 6.07) is 5.35. The molecule has 1 aliphatic rings. The van der Waals surface area contributed by atoms with E-state index in [0.29, 0.717) is 40.5 Å². The molecule has 1 aromatic heterocycles. The first-order valence-corrected chi connectivity index (χ1v) is 8.77. The van der Waals surface area contributed by atoms with Gasteiger partial charge in [0.1, 0.15) is 6.26 Å². The van der Waals surface area contributed by atoms with E-state index in [9.17, 15) is 4.79 Å². The Morgan fingerprint density at radius 1 is 1.33 bits per heavy atom. The molecular weight excluding hydrogens is 349 g/mol. The molecule has 1 amide bonds. The standard InChI is InChI=1S/C17H19Cl2N3O2/c18-13-2-1-11(14(19)9-13)5-8-21-16(23)15-10-24-17(22-15)12-3-6-20-7-4-12/h1-2,9-10,12,20H,3-8H2,(H,21,23). The summed E-state index contributed by atoms with van der Waals surface area (Å²) in [5, 5.41) is 7.34. The summed E-state index contributed by atoms with van der Waals surface area (Å²) in [5.74, 6) is 0.715. The van der Waals surface area contributed by atoms with E-state index in [-0.39, 0.29) is 5.91 Å². The third-order valence-electron chi connectivity index (χ3n) is 4.14. The van der Waals surface area contributed by atoms with Crippen LogP contribution in [-0.2, 0) is 6.42 Å². The van der Waals surface area contributed by atoms with Gasteiger partial charge in [-0.1, -0.05) is 29.3 Å². The second-order valence-corrected chi connectivity index (χ2v) is 6.68. The molecule has 2 N–H and O–H groups in total. The molecule has 7 heteroatoms. The van der Waals surface area contributed by atoms with Crippen molar-refractivity contribution in [2.24, 2.45) is 0 Å². The molecule has 0 radical (unpaired) electrons. The number of carbonyl (C=O) groups is 1. The van der Waals surface area contributed by atoms with Gasteiger partial charge in [0.05, 0.1) is 0 Å². The number of benzene rings is 1. The zero-order valence-corrected chi connectivity index (χ0v) is 14.7. The van der Waals surface area contributed by atoms with Crippen LogP contribution in [0.15, 0.2) is 28.9 Å². The van der Waals surface area contributed by atoms with Crippen LogP contribution in [0.5, 0.6) is 0 Å². The van der Waals surface area contributed by atoms with Crippen LogP contribution in [-0.4, -0.2) is 30.5 Å². The van der Waals surface area contributed by atoms with Crippen molar-refractivity contribution in [2.75, 3.05) is 19.6 Å². The maximum Gasteiger partial charge on any atom is 0.273 e. The molecule has 2 aromatic rings. The van der Waals surface area contributed by atoms with Crippen molar-refractivity contribution in [3.8, 4) is 0 Å². The highest BCUT2D eigenvalue weighted by Gasteiger charge is 2.21. The molecule has 1 aliphatic heterocycles. The molecule has 5 nitrogen and oxygen atoms in total. The Labute approximate surface area is 150 Å². The zero-order chi connectivity index (χ0) is 16.9. The van der Waals surface area contributed by atoms with Crippen molar-refractivity contribution < 1.29 is 9.21 Å². The van der Waals surface area contributed by atoms with Gasteiger partial charge in [-0.3, -0.25) is 4.79 Å². The van der Waals surface area contributed by atoms with Crippen molar-refractivity contribution in [3.05, 3.63) is 51.7 Å². The van der Waals surface area contributed by atoms with Gasteiger partial charge in [-0.05, 0) is 50.0 Å². The average molecular weight is 368 g/mol. The first-order chi connectivity index (χ1) is 11.6. The van der Waals surface area contributed by atoms with Crippen LogP contribution in [0.1, 0.15) is 40.7 Å². The number of amides is 1. The van der Waals surface area contributed by atoms with Gasteiger partial charge in [-0.15, -0.1) is 0 Å². The fraction of sp³-hybridized carbons (Fsp3) is 0.412. The molecule has 0 bridgehead atoms. The van der Waals surface area contributed by atoms with Crippen LogP contribution in [0.4, 0.5) is 0 Å². The number of rotatable bonds is 5. The molecule has 0 spiro atoms. The molecule has 128 valence electrons. The minimum atomic E-state index is -0.232. The summed E-state index contributed by atoms with van der Waals surface area (Å²) in [6.45, 7) is 2.38. The Balaban J connectivity index is 1.52. The van der Waals surface area contributed by atoms with E-state index in [0.717, 1.165) is 31.5 Å². The van der Waals surface area contributed by atoms with Crippen molar-refractivity contribution in [2.45, 2.75) is 25.2 Å². The molecule has 1 saturated heterocycles. The highest BCUT2D eigenvalue weighted by Crippen LogP contribution is 2.24. The van der Waals surface area contributed by atoms with E-state index in [1.165, 1.54) is 6.26 Å². The Bertz CT molecular complexity index is 712. The molecule has 0 aliphatic carbocycles. The Hall–Kier alpha value is -1.56. The van der Waals surface area contributed by atoms with Crippen molar-refractivity contribution >= 4 is 29.1 Å². The lowest BCUT2D eigenvalue weighted by molar-refractivity contribution is 0.0949. The summed E-state index contributed by atoms with van der Waals surface area (Å²) >= 11 is 12.0. The highest BCUT2D eigenvalue weighted by molar-refractivity contribution is 6.35. The van der Waals surface area contributed by atoms with E-state index in [1.807, 2.05) is 6.07 Å². The number of aromatic nitrogens is 1. The molecule has 1 fully saturated rings. The summed E-state index contributed by atoms with van der Waals surface area (Å²) in [7, 11) is 0. The minimum absolute atomic E-state index is 0.232. The second-order valence-electron chi connectivity index (χ2n) is 5.84. The maximum absolute atomic E-state index is 12.2. The number of hydrogen-bond donors (Lipinski definition) is 2. The van der Waals surface area contributed by atoms with Gasteiger partial charge in [0, 0.05) is 22.5 Å². The molecule has 0 unspecified atom stereocenters. The predicted molar refractivity (Wildman–Crippen MR) is 93.8 cm³/mol. The van der Waals surface area contributed by atoms with Crippen LogP contribution >= 0.6 is 23.2 Å². The summed E-state index contributed by atoms with van der Waals surface area (Å²) < 4.78 is 5.49. The lowest BCUT2D eigenvalue weighted by Gasteiger charge is -2.19. The van der Waals surface area contributed by atoms with E-state index in [2.05, 4.69) is 15.6 Å². The fourth-order valence-electron chi connectivity index (χ4n) is 2.77. The number of nitrogens with zero attached hydrogens (tertiary/aromatic N) is 1. The molecule has 0 saturated carbocycles. The number of piperidine rings is 1. The van der Waals surface area contributed by atoms with Crippen LogP contribution in [0, 0.1) is 0 Å². The van der Waals surface area contributed by atoms with Crippen LogP contribution < -0.4 is 10.6 Å². The van der Waals surface area contributed by atoms with Crippen molar-refractivity contribution in [3.63, 3.8) is 0 Å².